The second-order valence-corrected chi connectivity index (χ2v) is 5.39. The highest BCUT2D eigenvalue weighted by atomic mass is 32.2. The molecular formula is C10H12F3NO2S. The molecule has 3 nitrogen and oxygen atoms in total. The van der Waals surface area contributed by atoms with E-state index in [4.69, 9.17) is 5.14 Å². The topological polar surface area (TPSA) is 60.2 Å². The minimum absolute atomic E-state index is 0.0450. The first-order valence-corrected chi connectivity index (χ1v) is 6.54. The molecule has 0 bridgehead atoms. The zero-order valence-corrected chi connectivity index (χ0v) is 9.63. The van der Waals surface area contributed by atoms with Crippen LogP contribution in [0, 0.1) is 0 Å². The summed E-state index contributed by atoms with van der Waals surface area (Å²) in [6, 6.07) is 7.19. The Morgan fingerprint density at radius 1 is 1.18 bits per heavy atom. The average Bonchev–Trinajstić information content (AvgIpc) is 2.15. The fourth-order valence-corrected chi connectivity index (χ4v) is 2.05. The third-order valence-corrected chi connectivity index (χ3v) is 3.09. The van der Waals surface area contributed by atoms with Crippen molar-refractivity contribution in [2.45, 2.75) is 18.5 Å². The van der Waals surface area contributed by atoms with Crippen molar-refractivity contribution in [3.8, 4) is 0 Å². The second-order valence-electron chi connectivity index (χ2n) is 3.66. The molecule has 0 fully saturated rings. The van der Waals surface area contributed by atoms with E-state index in [9.17, 15) is 21.6 Å². The summed E-state index contributed by atoms with van der Waals surface area (Å²) in [4.78, 5) is 0. The Morgan fingerprint density at radius 2 is 1.71 bits per heavy atom. The average molecular weight is 267 g/mol. The number of hydrogen-bond acceptors (Lipinski definition) is 2. The highest BCUT2D eigenvalue weighted by molar-refractivity contribution is 7.89. The lowest BCUT2D eigenvalue weighted by molar-refractivity contribution is -0.150. The van der Waals surface area contributed by atoms with E-state index in [1.807, 2.05) is 0 Å². The summed E-state index contributed by atoms with van der Waals surface area (Å²) >= 11 is 0. The van der Waals surface area contributed by atoms with Crippen LogP contribution in [-0.4, -0.2) is 20.3 Å². The Labute approximate surface area is 97.5 Å². The SMILES string of the molecule is NS(=O)(=O)CCC(c1ccccc1)C(F)(F)F. The summed E-state index contributed by atoms with van der Waals surface area (Å²) in [7, 11) is -3.89. The Balaban J connectivity index is 2.91. The molecule has 0 aliphatic rings. The van der Waals surface area contributed by atoms with Gasteiger partial charge in [0.2, 0.25) is 10.0 Å². The van der Waals surface area contributed by atoms with E-state index in [-0.39, 0.29) is 5.56 Å². The van der Waals surface area contributed by atoms with Gasteiger partial charge in [0.15, 0.2) is 0 Å². The molecular weight excluding hydrogens is 255 g/mol. The van der Waals surface area contributed by atoms with Crippen molar-refractivity contribution >= 4 is 10.0 Å². The molecule has 1 unspecified atom stereocenters. The first kappa shape index (κ1) is 14.0. The lowest BCUT2D eigenvalue weighted by Gasteiger charge is -2.20. The molecule has 0 aromatic heterocycles. The second kappa shape index (κ2) is 5.05. The van der Waals surface area contributed by atoms with Crippen molar-refractivity contribution in [3.05, 3.63) is 35.9 Å². The van der Waals surface area contributed by atoms with E-state index in [0.717, 1.165) is 0 Å². The summed E-state index contributed by atoms with van der Waals surface area (Å²) in [5, 5.41) is 4.71. The molecule has 7 heteroatoms. The molecule has 0 saturated heterocycles. The summed E-state index contributed by atoms with van der Waals surface area (Å²) in [5.41, 5.74) is 0.0450. The standard InChI is InChI=1S/C10H12F3NO2S/c11-10(12,13)9(6-7-17(14,15)16)8-4-2-1-3-5-8/h1-5,9H,6-7H2,(H2,14,15,16). The summed E-state index contributed by atoms with van der Waals surface area (Å²) in [6.07, 6.45) is -5.04. The van der Waals surface area contributed by atoms with Gasteiger partial charge in [0.1, 0.15) is 0 Å². The van der Waals surface area contributed by atoms with Gasteiger partial charge in [-0.15, -0.1) is 0 Å². The van der Waals surface area contributed by atoms with E-state index >= 15 is 0 Å². The summed E-state index contributed by atoms with van der Waals surface area (Å²) in [6.45, 7) is 0. The van der Waals surface area contributed by atoms with Crippen molar-refractivity contribution in [1.82, 2.24) is 0 Å². The fourth-order valence-electron chi connectivity index (χ4n) is 1.49. The van der Waals surface area contributed by atoms with E-state index in [1.54, 1.807) is 6.07 Å². The molecule has 0 heterocycles. The number of primary sulfonamides is 1. The smallest absolute Gasteiger partial charge is 0.229 e. The Morgan fingerprint density at radius 3 is 2.12 bits per heavy atom. The summed E-state index contributed by atoms with van der Waals surface area (Å²) < 4.78 is 59.6. The zero-order chi connectivity index (χ0) is 13.1. The summed E-state index contributed by atoms with van der Waals surface area (Å²) in [5.74, 6) is -2.49. The van der Waals surface area contributed by atoms with E-state index < -0.39 is 34.3 Å². The maximum atomic E-state index is 12.7. The molecule has 1 rings (SSSR count). The molecule has 0 aliphatic carbocycles. The van der Waals surface area contributed by atoms with Gasteiger partial charge in [-0.1, -0.05) is 30.3 Å². The molecule has 0 aliphatic heterocycles. The monoisotopic (exact) mass is 267 g/mol. The largest absolute Gasteiger partial charge is 0.395 e. The quantitative estimate of drug-likeness (QED) is 0.907. The minimum atomic E-state index is -4.48. The first-order chi connectivity index (χ1) is 7.70. The molecule has 0 radical (unpaired) electrons. The van der Waals surface area contributed by atoms with Gasteiger partial charge in [-0.25, -0.2) is 13.6 Å². The molecule has 96 valence electrons. The van der Waals surface area contributed by atoms with Crippen LogP contribution in [0.3, 0.4) is 0 Å². The number of alkyl halides is 3. The van der Waals surface area contributed by atoms with Crippen LogP contribution in [0.15, 0.2) is 30.3 Å². The van der Waals surface area contributed by atoms with Crippen LogP contribution in [0.25, 0.3) is 0 Å². The maximum Gasteiger partial charge on any atom is 0.395 e. The fraction of sp³-hybridized carbons (Fsp3) is 0.400. The van der Waals surface area contributed by atoms with Crippen LogP contribution in [0.2, 0.25) is 0 Å². The number of benzene rings is 1. The van der Waals surface area contributed by atoms with Crippen LogP contribution in [-0.2, 0) is 10.0 Å². The molecule has 0 saturated carbocycles. The molecule has 17 heavy (non-hydrogen) atoms. The van der Waals surface area contributed by atoms with Gasteiger partial charge in [-0.3, -0.25) is 0 Å². The Hall–Kier alpha value is -1.08. The predicted molar refractivity (Wildman–Crippen MR) is 57.8 cm³/mol. The molecule has 1 aromatic carbocycles. The molecule has 0 spiro atoms. The molecule has 1 aromatic rings. The molecule has 0 amide bonds. The number of sulfonamides is 1. The van der Waals surface area contributed by atoms with E-state index in [0.29, 0.717) is 0 Å². The van der Waals surface area contributed by atoms with Crippen LogP contribution >= 0.6 is 0 Å². The van der Waals surface area contributed by atoms with Crippen LogP contribution < -0.4 is 5.14 Å². The predicted octanol–water partition coefficient (Wildman–Crippen LogP) is 2.01. The van der Waals surface area contributed by atoms with Gasteiger partial charge in [0.25, 0.3) is 0 Å². The lowest BCUT2D eigenvalue weighted by atomic mass is 9.96. The van der Waals surface area contributed by atoms with Crippen molar-refractivity contribution < 1.29 is 21.6 Å². The van der Waals surface area contributed by atoms with Gasteiger partial charge in [0, 0.05) is 0 Å². The normalized spacial score (nSPS) is 14.6. The number of hydrogen-bond donors (Lipinski definition) is 1. The van der Waals surface area contributed by atoms with Crippen LogP contribution in [0.4, 0.5) is 13.2 Å². The lowest BCUT2D eigenvalue weighted by Crippen LogP contribution is -2.26. The van der Waals surface area contributed by atoms with E-state index in [2.05, 4.69) is 0 Å². The van der Waals surface area contributed by atoms with Gasteiger partial charge in [-0.2, -0.15) is 13.2 Å². The van der Waals surface area contributed by atoms with Gasteiger partial charge < -0.3 is 0 Å². The number of nitrogens with two attached hydrogens (primary N) is 1. The third kappa shape index (κ3) is 4.74. The molecule has 1 atom stereocenters. The van der Waals surface area contributed by atoms with Crippen molar-refractivity contribution in [1.29, 1.82) is 0 Å². The van der Waals surface area contributed by atoms with Crippen LogP contribution in [0.1, 0.15) is 17.9 Å². The Kier molecular flexibility index (Phi) is 4.16. The van der Waals surface area contributed by atoms with Crippen molar-refractivity contribution in [3.63, 3.8) is 0 Å². The first-order valence-electron chi connectivity index (χ1n) is 4.82. The highest BCUT2D eigenvalue weighted by Gasteiger charge is 2.40. The number of halogens is 3. The number of rotatable bonds is 4. The van der Waals surface area contributed by atoms with Gasteiger partial charge in [0.05, 0.1) is 11.7 Å². The van der Waals surface area contributed by atoms with Crippen LogP contribution in [0.5, 0.6) is 0 Å². The van der Waals surface area contributed by atoms with Gasteiger partial charge >= 0.3 is 6.18 Å². The highest BCUT2D eigenvalue weighted by Crippen LogP contribution is 2.37. The Bertz CT molecular complexity index is 456. The third-order valence-electron chi connectivity index (χ3n) is 2.29. The minimum Gasteiger partial charge on any atom is -0.229 e. The van der Waals surface area contributed by atoms with Gasteiger partial charge in [-0.05, 0) is 12.0 Å². The zero-order valence-electron chi connectivity index (χ0n) is 8.81. The maximum absolute atomic E-state index is 12.7. The van der Waals surface area contributed by atoms with E-state index in [1.165, 1.54) is 24.3 Å². The molecule has 2 N–H and O–H groups in total. The van der Waals surface area contributed by atoms with Crippen molar-refractivity contribution in [2.24, 2.45) is 5.14 Å². The van der Waals surface area contributed by atoms with Crippen molar-refractivity contribution in [2.75, 3.05) is 5.75 Å².